The number of carbonyl (C=O) groups is 2. The first-order valence-electron chi connectivity index (χ1n) is 7.26. The van der Waals surface area contributed by atoms with E-state index in [1.165, 1.54) is 0 Å². The summed E-state index contributed by atoms with van der Waals surface area (Å²) in [6.45, 7) is 1.93. The van der Waals surface area contributed by atoms with Crippen molar-refractivity contribution in [1.29, 1.82) is 0 Å². The van der Waals surface area contributed by atoms with E-state index in [2.05, 4.69) is 0 Å². The van der Waals surface area contributed by atoms with E-state index in [4.69, 9.17) is 5.11 Å². The second-order valence-electron chi connectivity index (χ2n) is 5.31. The molecule has 0 radical (unpaired) electrons. The predicted molar refractivity (Wildman–Crippen MR) is 88.9 cm³/mol. The number of benzene rings is 2. The molecule has 1 atom stereocenters. The van der Waals surface area contributed by atoms with Crippen molar-refractivity contribution in [2.75, 3.05) is 0 Å². The number of hydrogen-bond acceptors (Lipinski definition) is 2. The number of aryl methyl sites for hydroxylation is 1. The van der Waals surface area contributed by atoms with Crippen LogP contribution in [0, 0.1) is 12.8 Å². The molecule has 0 saturated heterocycles. The van der Waals surface area contributed by atoms with E-state index in [1.54, 1.807) is 30.3 Å². The minimum atomic E-state index is -1.14. The van der Waals surface area contributed by atoms with Crippen LogP contribution >= 0.6 is 0 Å². The van der Waals surface area contributed by atoms with Crippen LogP contribution in [0.1, 0.15) is 23.1 Å². The predicted octanol–water partition coefficient (Wildman–Crippen LogP) is 3.71. The van der Waals surface area contributed by atoms with Crippen LogP contribution in [0.3, 0.4) is 0 Å². The summed E-state index contributed by atoms with van der Waals surface area (Å²) in [5.74, 6) is -3.38. The molecule has 4 nitrogen and oxygen atoms in total. The van der Waals surface area contributed by atoms with Crippen LogP contribution in [-0.4, -0.2) is 22.2 Å². The fourth-order valence-electron chi connectivity index (χ4n) is 2.44. The standard InChI is InChI=1S/C19H18O4/c1-13-7-5-6-10-15(13)11-16(14-8-3-2-4-9-14)17(19(22)23)12-18(20)21/h2-11,17H,12H2,1H3,(H,20,21)(H,22,23). The third-order valence-electron chi connectivity index (χ3n) is 3.66. The van der Waals surface area contributed by atoms with Gasteiger partial charge in [0, 0.05) is 0 Å². The zero-order chi connectivity index (χ0) is 16.8. The Morgan fingerprint density at radius 1 is 1.00 bits per heavy atom. The molecule has 2 N–H and O–H groups in total. The normalized spacial score (nSPS) is 12.7. The van der Waals surface area contributed by atoms with Gasteiger partial charge in [0.25, 0.3) is 0 Å². The highest BCUT2D eigenvalue weighted by atomic mass is 16.4. The molecule has 2 aromatic rings. The van der Waals surface area contributed by atoms with Crippen molar-refractivity contribution in [2.24, 2.45) is 5.92 Å². The molecule has 0 heterocycles. The highest BCUT2D eigenvalue weighted by Crippen LogP contribution is 2.29. The molecule has 0 aromatic heterocycles. The number of rotatable bonds is 6. The molecule has 0 bridgehead atoms. The van der Waals surface area contributed by atoms with Crippen LogP contribution in [0.2, 0.25) is 0 Å². The lowest BCUT2D eigenvalue weighted by molar-refractivity contribution is -0.146. The Morgan fingerprint density at radius 2 is 1.61 bits per heavy atom. The van der Waals surface area contributed by atoms with Crippen LogP contribution in [0.4, 0.5) is 0 Å². The summed E-state index contributed by atoms with van der Waals surface area (Å²) in [6, 6.07) is 16.6. The Bertz CT molecular complexity index is 732. The molecule has 0 spiro atoms. The number of aliphatic carboxylic acids is 2. The minimum Gasteiger partial charge on any atom is -0.481 e. The molecule has 0 fully saturated rings. The SMILES string of the molecule is Cc1ccccc1C=C(c1ccccc1)C(CC(=O)O)C(=O)O. The monoisotopic (exact) mass is 310 g/mol. The van der Waals surface area contributed by atoms with Crippen LogP contribution in [0.15, 0.2) is 54.6 Å². The summed E-state index contributed by atoms with van der Waals surface area (Å²) in [4.78, 5) is 22.7. The van der Waals surface area contributed by atoms with Gasteiger partial charge < -0.3 is 10.2 Å². The lowest BCUT2D eigenvalue weighted by Gasteiger charge is -2.16. The lowest BCUT2D eigenvalue weighted by Crippen LogP contribution is -2.19. The molecule has 0 aliphatic heterocycles. The third-order valence-corrected chi connectivity index (χ3v) is 3.66. The minimum absolute atomic E-state index is 0.456. The van der Waals surface area contributed by atoms with Crippen molar-refractivity contribution >= 4 is 23.6 Å². The summed E-state index contributed by atoms with van der Waals surface area (Å²) in [7, 11) is 0. The molecular formula is C19H18O4. The second kappa shape index (κ2) is 7.40. The average Bonchev–Trinajstić information content (AvgIpc) is 2.53. The van der Waals surface area contributed by atoms with E-state index in [0.717, 1.165) is 11.1 Å². The maximum atomic E-state index is 11.6. The van der Waals surface area contributed by atoms with E-state index < -0.39 is 24.3 Å². The number of carboxylic acid groups (broad SMARTS) is 2. The molecule has 0 amide bonds. The first kappa shape index (κ1) is 16.5. The van der Waals surface area contributed by atoms with Gasteiger partial charge in [-0.2, -0.15) is 0 Å². The van der Waals surface area contributed by atoms with Gasteiger partial charge in [-0.25, -0.2) is 0 Å². The molecule has 0 saturated carbocycles. The van der Waals surface area contributed by atoms with Crippen LogP contribution < -0.4 is 0 Å². The van der Waals surface area contributed by atoms with Gasteiger partial charge in [-0.3, -0.25) is 9.59 Å². The quantitative estimate of drug-likeness (QED) is 0.798. The van der Waals surface area contributed by atoms with E-state index in [9.17, 15) is 14.7 Å². The second-order valence-corrected chi connectivity index (χ2v) is 5.31. The molecular weight excluding hydrogens is 292 g/mol. The van der Waals surface area contributed by atoms with Crippen molar-refractivity contribution in [3.05, 3.63) is 71.3 Å². The van der Waals surface area contributed by atoms with Gasteiger partial charge in [-0.05, 0) is 29.2 Å². The smallest absolute Gasteiger partial charge is 0.311 e. The van der Waals surface area contributed by atoms with Crippen molar-refractivity contribution in [2.45, 2.75) is 13.3 Å². The Kier molecular flexibility index (Phi) is 5.31. The number of carboxylic acids is 2. The third kappa shape index (κ3) is 4.30. The van der Waals surface area contributed by atoms with Crippen LogP contribution in [-0.2, 0) is 9.59 Å². The maximum Gasteiger partial charge on any atom is 0.311 e. The zero-order valence-electron chi connectivity index (χ0n) is 12.8. The number of hydrogen-bond donors (Lipinski definition) is 2. The summed E-state index contributed by atoms with van der Waals surface area (Å²) in [5.41, 5.74) is 3.09. The molecule has 1 unspecified atom stereocenters. The van der Waals surface area contributed by atoms with E-state index in [1.807, 2.05) is 37.3 Å². The highest BCUT2D eigenvalue weighted by molar-refractivity contribution is 5.96. The van der Waals surface area contributed by atoms with Crippen molar-refractivity contribution in [3.63, 3.8) is 0 Å². The molecule has 23 heavy (non-hydrogen) atoms. The average molecular weight is 310 g/mol. The van der Waals surface area contributed by atoms with Gasteiger partial charge in [-0.1, -0.05) is 60.7 Å². The molecule has 2 aromatic carbocycles. The summed E-state index contributed by atoms with van der Waals surface area (Å²) in [5, 5.41) is 18.6. The van der Waals surface area contributed by atoms with Gasteiger partial charge in [0.2, 0.25) is 0 Å². The Balaban J connectivity index is 2.58. The lowest BCUT2D eigenvalue weighted by atomic mass is 9.88. The topological polar surface area (TPSA) is 74.6 Å². The summed E-state index contributed by atoms with van der Waals surface area (Å²) in [6.07, 6.45) is 1.31. The molecule has 4 heteroatoms. The fourth-order valence-corrected chi connectivity index (χ4v) is 2.44. The molecule has 0 aliphatic carbocycles. The molecule has 118 valence electrons. The van der Waals surface area contributed by atoms with E-state index in [-0.39, 0.29) is 0 Å². The van der Waals surface area contributed by atoms with Gasteiger partial charge in [0.15, 0.2) is 0 Å². The maximum absolute atomic E-state index is 11.6. The summed E-state index contributed by atoms with van der Waals surface area (Å²) < 4.78 is 0. The van der Waals surface area contributed by atoms with Crippen molar-refractivity contribution < 1.29 is 19.8 Å². The first-order valence-corrected chi connectivity index (χ1v) is 7.26. The fraction of sp³-hybridized carbons (Fsp3) is 0.158. The highest BCUT2D eigenvalue weighted by Gasteiger charge is 2.26. The Labute approximate surface area is 134 Å². The van der Waals surface area contributed by atoms with Crippen molar-refractivity contribution in [3.8, 4) is 0 Å². The van der Waals surface area contributed by atoms with Gasteiger partial charge in [0.1, 0.15) is 0 Å². The van der Waals surface area contributed by atoms with Gasteiger partial charge in [0.05, 0.1) is 12.3 Å². The largest absolute Gasteiger partial charge is 0.481 e. The van der Waals surface area contributed by atoms with E-state index >= 15 is 0 Å². The summed E-state index contributed by atoms with van der Waals surface area (Å²) >= 11 is 0. The first-order chi connectivity index (χ1) is 11.0. The van der Waals surface area contributed by atoms with E-state index in [0.29, 0.717) is 11.1 Å². The van der Waals surface area contributed by atoms with Crippen LogP contribution in [0.25, 0.3) is 11.6 Å². The van der Waals surface area contributed by atoms with Gasteiger partial charge in [-0.15, -0.1) is 0 Å². The molecule has 2 rings (SSSR count). The zero-order valence-corrected chi connectivity index (χ0v) is 12.8. The van der Waals surface area contributed by atoms with Crippen LogP contribution in [0.5, 0.6) is 0 Å². The Morgan fingerprint density at radius 3 is 2.17 bits per heavy atom. The Hall–Kier alpha value is -2.88. The van der Waals surface area contributed by atoms with Crippen molar-refractivity contribution in [1.82, 2.24) is 0 Å². The van der Waals surface area contributed by atoms with Gasteiger partial charge >= 0.3 is 11.9 Å². The molecule has 0 aliphatic rings.